The first-order valence-corrected chi connectivity index (χ1v) is 7.28. The number of nitrogens with zero attached hydrogens (tertiary/aromatic N) is 1. The van der Waals surface area contributed by atoms with E-state index in [1.165, 1.54) is 25.7 Å². The number of hydrogen-bond donors (Lipinski definition) is 1. The van der Waals surface area contributed by atoms with Crippen LogP contribution in [0.25, 0.3) is 11.1 Å². The van der Waals surface area contributed by atoms with Gasteiger partial charge in [-0.05, 0) is 37.5 Å². The average molecular weight is 272 g/mol. The molecule has 0 bridgehead atoms. The molecule has 106 valence electrons. The lowest BCUT2D eigenvalue weighted by atomic mass is 9.95. The lowest BCUT2D eigenvalue weighted by Gasteiger charge is -2.09. The Labute approximate surface area is 118 Å². The summed E-state index contributed by atoms with van der Waals surface area (Å²) in [5.41, 5.74) is 9.00. The number of benzene rings is 1. The second-order valence-corrected chi connectivity index (χ2v) is 5.25. The van der Waals surface area contributed by atoms with E-state index < -0.39 is 0 Å². The van der Waals surface area contributed by atoms with Crippen LogP contribution < -0.4 is 10.5 Å². The lowest BCUT2D eigenvalue weighted by molar-refractivity contribution is 0.340. The van der Waals surface area contributed by atoms with E-state index in [0.717, 1.165) is 22.6 Å². The van der Waals surface area contributed by atoms with Gasteiger partial charge in [-0.1, -0.05) is 30.1 Å². The molecule has 0 spiro atoms. The molecule has 20 heavy (non-hydrogen) atoms. The van der Waals surface area contributed by atoms with Crippen LogP contribution in [0.2, 0.25) is 0 Å². The summed E-state index contributed by atoms with van der Waals surface area (Å²) in [6, 6.07) is 7.96. The zero-order valence-electron chi connectivity index (χ0n) is 11.8. The van der Waals surface area contributed by atoms with Crippen molar-refractivity contribution >= 4 is 5.88 Å². The largest absolute Gasteiger partial charge is 0.494 e. The predicted octanol–water partition coefficient (Wildman–Crippen LogP) is 3.98. The van der Waals surface area contributed by atoms with Crippen LogP contribution in [0.5, 0.6) is 5.75 Å². The fraction of sp³-hybridized carbons (Fsp3) is 0.438. The van der Waals surface area contributed by atoms with Crippen molar-refractivity contribution in [3.63, 3.8) is 0 Å². The number of nitrogens with two attached hydrogens (primary N) is 1. The van der Waals surface area contributed by atoms with Crippen LogP contribution in [-0.4, -0.2) is 11.8 Å². The quantitative estimate of drug-likeness (QED) is 0.914. The van der Waals surface area contributed by atoms with Crippen molar-refractivity contribution in [1.82, 2.24) is 5.16 Å². The SMILES string of the molecule is CCOc1ccc(-c2c(C3CCCC3)noc2N)cc1. The molecule has 2 aromatic rings. The summed E-state index contributed by atoms with van der Waals surface area (Å²) in [6.07, 6.45) is 4.88. The maximum absolute atomic E-state index is 5.98. The molecule has 0 unspecified atom stereocenters. The third-order valence-corrected chi connectivity index (χ3v) is 3.94. The first kappa shape index (κ1) is 13.0. The van der Waals surface area contributed by atoms with Gasteiger partial charge in [0.1, 0.15) is 5.75 Å². The molecule has 2 N–H and O–H groups in total. The average Bonchev–Trinajstić information content (AvgIpc) is 3.09. The Hall–Kier alpha value is -1.97. The van der Waals surface area contributed by atoms with E-state index in [4.69, 9.17) is 15.0 Å². The van der Waals surface area contributed by atoms with Crippen molar-refractivity contribution in [2.45, 2.75) is 38.5 Å². The van der Waals surface area contributed by atoms with Crippen molar-refractivity contribution < 1.29 is 9.26 Å². The van der Waals surface area contributed by atoms with E-state index in [1.807, 2.05) is 31.2 Å². The van der Waals surface area contributed by atoms with Gasteiger partial charge < -0.3 is 15.0 Å². The van der Waals surface area contributed by atoms with Gasteiger partial charge in [0.2, 0.25) is 5.88 Å². The molecule has 0 saturated heterocycles. The second kappa shape index (κ2) is 5.57. The van der Waals surface area contributed by atoms with Crippen molar-refractivity contribution in [1.29, 1.82) is 0 Å². The first-order valence-electron chi connectivity index (χ1n) is 7.28. The Morgan fingerprint density at radius 1 is 1.25 bits per heavy atom. The summed E-state index contributed by atoms with van der Waals surface area (Å²) in [6.45, 7) is 2.65. The lowest BCUT2D eigenvalue weighted by Crippen LogP contribution is -1.97. The van der Waals surface area contributed by atoms with E-state index in [9.17, 15) is 0 Å². The first-order chi connectivity index (χ1) is 9.79. The van der Waals surface area contributed by atoms with Crippen molar-refractivity contribution in [2.24, 2.45) is 0 Å². The zero-order chi connectivity index (χ0) is 13.9. The smallest absolute Gasteiger partial charge is 0.230 e. The number of nitrogen functional groups attached to an aromatic ring is 1. The summed E-state index contributed by atoms with van der Waals surface area (Å²) in [5, 5.41) is 4.20. The maximum atomic E-state index is 5.98. The van der Waals surface area contributed by atoms with Crippen LogP contribution >= 0.6 is 0 Å². The molecule has 1 aliphatic carbocycles. The molecule has 4 heteroatoms. The summed E-state index contributed by atoms with van der Waals surface area (Å²) in [5.74, 6) is 1.77. The standard InChI is InChI=1S/C16H20N2O2/c1-2-19-13-9-7-11(8-10-13)14-15(18-20-16(14)17)12-5-3-4-6-12/h7-10,12H,2-6,17H2,1H3. The second-order valence-electron chi connectivity index (χ2n) is 5.25. The van der Waals surface area contributed by atoms with Crippen LogP contribution in [0.15, 0.2) is 28.8 Å². The molecule has 1 aromatic heterocycles. The van der Waals surface area contributed by atoms with E-state index in [2.05, 4.69) is 5.16 Å². The molecular formula is C16H20N2O2. The predicted molar refractivity (Wildman–Crippen MR) is 78.7 cm³/mol. The zero-order valence-corrected chi connectivity index (χ0v) is 11.8. The van der Waals surface area contributed by atoms with E-state index >= 15 is 0 Å². The molecular weight excluding hydrogens is 252 g/mol. The van der Waals surface area contributed by atoms with Gasteiger partial charge in [-0.15, -0.1) is 0 Å². The van der Waals surface area contributed by atoms with Gasteiger partial charge in [-0.25, -0.2) is 0 Å². The molecule has 1 aromatic carbocycles. The Morgan fingerprint density at radius 3 is 2.60 bits per heavy atom. The topological polar surface area (TPSA) is 61.3 Å². The summed E-state index contributed by atoms with van der Waals surface area (Å²) < 4.78 is 10.7. The van der Waals surface area contributed by atoms with E-state index in [1.54, 1.807) is 0 Å². The van der Waals surface area contributed by atoms with Gasteiger partial charge in [0.25, 0.3) is 0 Å². The molecule has 3 rings (SSSR count). The molecule has 1 fully saturated rings. The molecule has 4 nitrogen and oxygen atoms in total. The normalized spacial score (nSPS) is 15.7. The van der Waals surface area contributed by atoms with Gasteiger partial charge in [-0.3, -0.25) is 0 Å². The third kappa shape index (κ3) is 2.38. The monoisotopic (exact) mass is 272 g/mol. The highest BCUT2D eigenvalue weighted by Crippen LogP contribution is 2.41. The van der Waals surface area contributed by atoms with Crippen LogP contribution in [0.3, 0.4) is 0 Å². The molecule has 0 atom stereocenters. The Kier molecular flexibility index (Phi) is 3.63. The fourth-order valence-corrected chi connectivity index (χ4v) is 2.97. The Bertz CT molecular complexity index is 569. The van der Waals surface area contributed by atoms with Gasteiger partial charge in [0, 0.05) is 5.92 Å². The number of aromatic nitrogens is 1. The van der Waals surface area contributed by atoms with Crippen molar-refractivity contribution in [3.8, 4) is 16.9 Å². The molecule has 1 heterocycles. The fourth-order valence-electron chi connectivity index (χ4n) is 2.97. The Balaban J connectivity index is 1.94. The van der Waals surface area contributed by atoms with Crippen LogP contribution in [-0.2, 0) is 0 Å². The highest BCUT2D eigenvalue weighted by molar-refractivity contribution is 5.76. The van der Waals surface area contributed by atoms with Crippen LogP contribution in [0, 0.1) is 0 Å². The molecule has 1 aliphatic rings. The summed E-state index contributed by atoms with van der Waals surface area (Å²) in [4.78, 5) is 0. The van der Waals surface area contributed by atoms with Gasteiger partial charge in [0.05, 0.1) is 17.9 Å². The molecule has 0 amide bonds. The molecule has 1 saturated carbocycles. The minimum atomic E-state index is 0.413. The summed E-state index contributed by atoms with van der Waals surface area (Å²) in [7, 11) is 0. The van der Waals surface area contributed by atoms with E-state index in [0.29, 0.717) is 18.4 Å². The van der Waals surface area contributed by atoms with E-state index in [-0.39, 0.29) is 0 Å². The number of ether oxygens (including phenoxy) is 1. The number of hydrogen-bond acceptors (Lipinski definition) is 4. The van der Waals surface area contributed by atoms with Crippen LogP contribution in [0.4, 0.5) is 5.88 Å². The molecule has 0 radical (unpaired) electrons. The van der Waals surface area contributed by atoms with Crippen molar-refractivity contribution in [3.05, 3.63) is 30.0 Å². The maximum Gasteiger partial charge on any atom is 0.230 e. The number of anilines is 1. The molecule has 0 aliphatic heterocycles. The van der Waals surface area contributed by atoms with Gasteiger partial charge in [0.15, 0.2) is 0 Å². The highest BCUT2D eigenvalue weighted by atomic mass is 16.5. The summed E-state index contributed by atoms with van der Waals surface area (Å²) >= 11 is 0. The third-order valence-electron chi connectivity index (χ3n) is 3.94. The van der Waals surface area contributed by atoms with Crippen LogP contribution in [0.1, 0.15) is 44.2 Å². The van der Waals surface area contributed by atoms with Crippen molar-refractivity contribution in [2.75, 3.05) is 12.3 Å². The van der Waals surface area contributed by atoms with Gasteiger partial charge >= 0.3 is 0 Å². The Morgan fingerprint density at radius 2 is 1.95 bits per heavy atom. The highest BCUT2D eigenvalue weighted by Gasteiger charge is 2.26. The van der Waals surface area contributed by atoms with Gasteiger partial charge in [-0.2, -0.15) is 0 Å². The number of rotatable bonds is 4. The minimum absolute atomic E-state index is 0.413. The minimum Gasteiger partial charge on any atom is -0.494 e.